The molecular weight excluding hydrogens is 359 g/mol. The van der Waals surface area contributed by atoms with E-state index < -0.39 is 15.9 Å². The van der Waals surface area contributed by atoms with Crippen molar-refractivity contribution < 1.29 is 13.2 Å². The van der Waals surface area contributed by atoms with Gasteiger partial charge in [0.2, 0.25) is 15.9 Å². The van der Waals surface area contributed by atoms with Gasteiger partial charge >= 0.3 is 0 Å². The minimum absolute atomic E-state index is 0.0308. The predicted octanol–water partition coefficient (Wildman–Crippen LogP) is 3.29. The summed E-state index contributed by atoms with van der Waals surface area (Å²) in [7, 11) is -3.76. The molecule has 0 radical (unpaired) electrons. The molecule has 0 atom stereocenters. The molecule has 0 aliphatic carbocycles. The predicted molar refractivity (Wildman–Crippen MR) is 91.9 cm³/mol. The maximum Gasteiger partial charge on any atom is 0.248 e. The fourth-order valence-electron chi connectivity index (χ4n) is 1.73. The SMILES string of the molecule is NS(=O)(=O)c1ccc(NC(=O)/C=C/c2cccc(Cl)c2Cl)cc1. The van der Waals surface area contributed by atoms with Crippen molar-refractivity contribution in [2.24, 2.45) is 5.14 Å². The molecule has 3 N–H and O–H groups in total. The molecule has 0 spiro atoms. The van der Waals surface area contributed by atoms with E-state index in [-0.39, 0.29) is 4.90 Å². The van der Waals surface area contributed by atoms with Crippen molar-refractivity contribution in [1.29, 1.82) is 0 Å². The molecule has 0 heterocycles. The van der Waals surface area contributed by atoms with Crippen molar-refractivity contribution in [3.8, 4) is 0 Å². The summed E-state index contributed by atoms with van der Waals surface area (Å²) in [5, 5.41) is 8.34. The Morgan fingerprint density at radius 1 is 1.09 bits per heavy atom. The second-order valence-electron chi connectivity index (χ2n) is 4.54. The molecular formula is C15H12Cl2N2O3S. The summed E-state index contributed by atoms with van der Waals surface area (Å²) in [6.45, 7) is 0. The Balaban J connectivity index is 2.08. The van der Waals surface area contributed by atoms with Crippen molar-refractivity contribution in [2.45, 2.75) is 4.90 Å². The second-order valence-corrected chi connectivity index (χ2v) is 6.88. The second kappa shape index (κ2) is 7.14. The van der Waals surface area contributed by atoms with Gasteiger partial charge in [-0.05, 0) is 42.0 Å². The molecule has 120 valence electrons. The fraction of sp³-hybridized carbons (Fsp3) is 0. The topological polar surface area (TPSA) is 89.3 Å². The molecule has 2 aromatic carbocycles. The van der Waals surface area contributed by atoms with E-state index in [9.17, 15) is 13.2 Å². The molecule has 2 aromatic rings. The van der Waals surface area contributed by atoms with E-state index in [1.165, 1.54) is 36.4 Å². The van der Waals surface area contributed by atoms with Crippen LogP contribution in [-0.4, -0.2) is 14.3 Å². The number of amides is 1. The van der Waals surface area contributed by atoms with Crippen molar-refractivity contribution in [3.63, 3.8) is 0 Å². The van der Waals surface area contributed by atoms with E-state index in [2.05, 4.69) is 5.32 Å². The van der Waals surface area contributed by atoms with Gasteiger partial charge in [0.1, 0.15) is 0 Å². The summed E-state index contributed by atoms with van der Waals surface area (Å²) in [5.74, 6) is -0.399. The lowest BCUT2D eigenvalue weighted by Gasteiger charge is -2.04. The maximum absolute atomic E-state index is 11.8. The van der Waals surface area contributed by atoms with Crippen molar-refractivity contribution in [3.05, 3.63) is 64.1 Å². The van der Waals surface area contributed by atoms with E-state index in [0.717, 1.165) is 0 Å². The highest BCUT2D eigenvalue weighted by atomic mass is 35.5. The third-order valence-corrected chi connectivity index (χ3v) is 4.61. The molecule has 0 saturated heterocycles. The molecule has 1 amide bonds. The van der Waals surface area contributed by atoms with Gasteiger partial charge in [-0.2, -0.15) is 0 Å². The third kappa shape index (κ3) is 4.80. The number of hydrogen-bond donors (Lipinski definition) is 2. The summed E-state index contributed by atoms with van der Waals surface area (Å²) in [5.41, 5.74) is 1.04. The van der Waals surface area contributed by atoms with Crippen molar-refractivity contribution >= 4 is 50.9 Å². The first kappa shape index (κ1) is 17.5. The monoisotopic (exact) mass is 370 g/mol. The first-order valence-electron chi connectivity index (χ1n) is 6.33. The van der Waals surface area contributed by atoms with Crippen LogP contribution < -0.4 is 10.5 Å². The van der Waals surface area contributed by atoms with Crippen LogP contribution in [0, 0.1) is 0 Å². The van der Waals surface area contributed by atoms with Crippen LogP contribution in [-0.2, 0) is 14.8 Å². The average molecular weight is 371 g/mol. The number of hydrogen-bond acceptors (Lipinski definition) is 3. The molecule has 0 aromatic heterocycles. The number of anilines is 1. The van der Waals surface area contributed by atoms with Gasteiger partial charge in [-0.15, -0.1) is 0 Å². The van der Waals surface area contributed by atoms with E-state index in [4.69, 9.17) is 28.3 Å². The summed E-state index contributed by atoms with van der Waals surface area (Å²) in [6.07, 6.45) is 2.83. The number of halogens is 2. The highest BCUT2D eigenvalue weighted by molar-refractivity contribution is 7.89. The van der Waals surface area contributed by atoms with Gasteiger partial charge < -0.3 is 5.32 Å². The van der Waals surface area contributed by atoms with Crippen LogP contribution in [0.3, 0.4) is 0 Å². The molecule has 8 heteroatoms. The third-order valence-electron chi connectivity index (χ3n) is 2.85. The van der Waals surface area contributed by atoms with Crippen molar-refractivity contribution in [1.82, 2.24) is 0 Å². The minimum Gasteiger partial charge on any atom is -0.323 e. The van der Waals surface area contributed by atoms with Gasteiger partial charge in [0.05, 0.1) is 14.9 Å². The molecule has 0 fully saturated rings. The largest absolute Gasteiger partial charge is 0.323 e. The highest BCUT2D eigenvalue weighted by Crippen LogP contribution is 2.26. The van der Waals surface area contributed by atoms with Gasteiger partial charge in [-0.3, -0.25) is 4.79 Å². The quantitative estimate of drug-likeness (QED) is 0.809. The van der Waals surface area contributed by atoms with E-state index in [1.54, 1.807) is 18.2 Å². The molecule has 5 nitrogen and oxygen atoms in total. The van der Waals surface area contributed by atoms with E-state index in [1.807, 2.05) is 0 Å². The Morgan fingerprint density at radius 2 is 1.74 bits per heavy atom. The first-order valence-corrected chi connectivity index (χ1v) is 8.63. The van der Waals surface area contributed by atoms with Crippen LogP contribution >= 0.6 is 23.2 Å². The Bertz CT molecular complexity index is 863. The molecule has 0 aliphatic rings. The number of sulfonamides is 1. The van der Waals surface area contributed by atoms with Crippen LogP contribution in [0.25, 0.3) is 6.08 Å². The number of nitrogens with one attached hydrogen (secondary N) is 1. The lowest BCUT2D eigenvalue weighted by atomic mass is 10.2. The fourth-order valence-corrected chi connectivity index (χ4v) is 2.61. The molecule has 23 heavy (non-hydrogen) atoms. The normalized spacial score (nSPS) is 11.6. The molecule has 2 rings (SSSR count). The lowest BCUT2D eigenvalue weighted by molar-refractivity contribution is -0.111. The maximum atomic E-state index is 11.8. The zero-order valence-electron chi connectivity index (χ0n) is 11.7. The Kier molecular flexibility index (Phi) is 5.43. The summed E-state index contributed by atoms with van der Waals surface area (Å²) in [6, 6.07) is 10.6. The zero-order chi connectivity index (χ0) is 17.0. The molecule has 0 bridgehead atoms. The van der Waals surface area contributed by atoms with Crippen LogP contribution in [0.1, 0.15) is 5.56 Å². The Morgan fingerprint density at radius 3 is 2.35 bits per heavy atom. The molecule has 0 unspecified atom stereocenters. The summed E-state index contributed by atoms with van der Waals surface area (Å²) >= 11 is 11.9. The van der Waals surface area contributed by atoms with Crippen molar-refractivity contribution in [2.75, 3.05) is 5.32 Å². The number of carbonyl (C=O) groups excluding carboxylic acids is 1. The van der Waals surface area contributed by atoms with Gasteiger partial charge in [-0.25, -0.2) is 13.6 Å². The van der Waals surface area contributed by atoms with Crippen LogP contribution in [0.2, 0.25) is 10.0 Å². The Hall–Kier alpha value is -1.86. The molecule has 0 aliphatic heterocycles. The van der Waals surface area contributed by atoms with Gasteiger partial charge in [-0.1, -0.05) is 35.3 Å². The van der Waals surface area contributed by atoms with Gasteiger partial charge in [0.25, 0.3) is 0 Å². The van der Waals surface area contributed by atoms with Gasteiger partial charge in [0.15, 0.2) is 0 Å². The highest BCUT2D eigenvalue weighted by Gasteiger charge is 2.07. The van der Waals surface area contributed by atoms with Gasteiger partial charge in [0, 0.05) is 11.8 Å². The standard InChI is InChI=1S/C15H12Cl2N2O3S/c16-13-3-1-2-10(15(13)17)4-9-14(20)19-11-5-7-12(8-6-11)23(18,21)22/h1-9H,(H,19,20)(H2,18,21,22)/b9-4+. The average Bonchev–Trinajstić information content (AvgIpc) is 2.48. The number of carbonyl (C=O) groups is 1. The summed E-state index contributed by atoms with van der Waals surface area (Å²) in [4.78, 5) is 11.8. The minimum atomic E-state index is -3.76. The summed E-state index contributed by atoms with van der Waals surface area (Å²) < 4.78 is 22.3. The lowest BCUT2D eigenvalue weighted by Crippen LogP contribution is -2.12. The van der Waals surface area contributed by atoms with Crippen LogP contribution in [0.15, 0.2) is 53.4 Å². The Labute approximate surface area is 143 Å². The van der Waals surface area contributed by atoms with E-state index in [0.29, 0.717) is 21.3 Å². The zero-order valence-corrected chi connectivity index (χ0v) is 14.0. The van der Waals surface area contributed by atoms with E-state index >= 15 is 0 Å². The number of benzene rings is 2. The molecule has 0 saturated carbocycles. The van der Waals surface area contributed by atoms with Crippen LogP contribution in [0.5, 0.6) is 0 Å². The van der Waals surface area contributed by atoms with Crippen LogP contribution in [0.4, 0.5) is 5.69 Å². The number of nitrogens with two attached hydrogens (primary N) is 1. The first-order chi connectivity index (χ1) is 10.8. The number of primary sulfonamides is 1. The smallest absolute Gasteiger partial charge is 0.248 e. The number of rotatable bonds is 4.